The minimum Gasteiger partial charge on any atom is -0.338 e. The Balaban J connectivity index is 1.13. The van der Waals surface area contributed by atoms with Gasteiger partial charge in [0.15, 0.2) is 0 Å². The quantitative estimate of drug-likeness (QED) is 0.613. The zero-order valence-electron chi connectivity index (χ0n) is 16.7. The summed E-state index contributed by atoms with van der Waals surface area (Å²) in [6, 6.07) is 11.7. The number of para-hydroxylation sites is 1. The first-order valence-electron chi connectivity index (χ1n) is 10.1. The third kappa shape index (κ3) is 5.07. The number of carbonyl (C=O) groups is 2. The second kappa shape index (κ2) is 9.58. The number of hydrogen-bond donors (Lipinski definition) is 2. The van der Waals surface area contributed by atoms with Crippen molar-refractivity contribution in [2.24, 2.45) is 0 Å². The van der Waals surface area contributed by atoms with Crippen molar-refractivity contribution in [1.82, 2.24) is 25.3 Å². The summed E-state index contributed by atoms with van der Waals surface area (Å²) >= 11 is 1.76. The van der Waals surface area contributed by atoms with Crippen LogP contribution in [0.4, 0.5) is 4.79 Å². The van der Waals surface area contributed by atoms with E-state index in [1.807, 2.05) is 52.3 Å². The van der Waals surface area contributed by atoms with Crippen LogP contribution in [0.25, 0.3) is 5.69 Å². The number of thiophene rings is 1. The molecule has 0 aliphatic carbocycles. The number of nitrogens with one attached hydrogen (secondary N) is 2. The van der Waals surface area contributed by atoms with Gasteiger partial charge in [-0.2, -0.15) is 5.10 Å². The Bertz CT molecular complexity index is 998. The van der Waals surface area contributed by atoms with Crippen LogP contribution in [-0.2, 0) is 24.2 Å². The second-order valence-electron chi connectivity index (χ2n) is 7.25. The molecule has 2 aromatic heterocycles. The summed E-state index contributed by atoms with van der Waals surface area (Å²) in [5, 5.41) is 12.0. The highest BCUT2D eigenvalue weighted by Crippen LogP contribution is 2.24. The van der Waals surface area contributed by atoms with Gasteiger partial charge >= 0.3 is 6.03 Å². The van der Waals surface area contributed by atoms with Gasteiger partial charge in [-0.1, -0.05) is 18.2 Å². The van der Waals surface area contributed by atoms with Crippen molar-refractivity contribution in [1.29, 1.82) is 0 Å². The van der Waals surface area contributed by atoms with Gasteiger partial charge in [-0.15, -0.1) is 11.3 Å². The summed E-state index contributed by atoms with van der Waals surface area (Å²) in [5.74, 6) is 0.0838. The van der Waals surface area contributed by atoms with Gasteiger partial charge in [-0.25, -0.2) is 9.48 Å². The number of urea groups is 1. The maximum absolute atomic E-state index is 12.4. The summed E-state index contributed by atoms with van der Waals surface area (Å²) in [6.07, 6.45) is 5.70. The summed E-state index contributed by atoms with van der Waals surface area (Å²) in [6.45, 7) is 2.28. The average Bonchev–Trinajstić information content (AvgIpc) is 3.43. The van der Waals surface area contributed by atoms with Crippen molar-refractivity contribution >= 4 is 23.3 Å². The van der Waals surface area contributed by atoms with Gasteiger partial charge in [0.2, 0.25) is 5.91 Å². The molecule has 3 heterocycles. The zero-order valence-corrected chi connectivity index (χ0v) is 17.5. The molecule has 156 valence electrons. The van der Waals surface area contributed by atoms with E-state index in [0.29, 0.717) is 32.5 Å². The molecule has 0 fully saturated rings. The number of hydrogen-bond acceptors (Lipinski definition) is 4. The number of aromatic nitrogens is 2. The first-order valence-corrected chi connectivity index (χ1v) is 11.0. The minimum absolute atomic E-state index is 0.0838. The topological polar surface area (TPSA) is 79.3 Å². The number of carbonyl (C=O) groups excluding carboxylic acids is 2. The van der Waals surface area contributed by atoms with E-state index in [1.54, 1.807) is 11.3 Å². The van der Waals surface area contributed by atoms with Crippen LogP contribution in [-0.4, -0.2) is 46.3 Å². The van der Waals surface area contributed by atoms with E-state index >= 15 is 0 Å². The first kappa shape index (κ1) is 20.2. The SMILES string of the molecule is O=C(NCCC(=O)N1CCc2sccc2C1)NCCc1cnn(-c2ccccc2)c1. The Morgan fingerprint density at radius 2 is 1.93 bits per heavy atom. The number of nitrogens with zero attached hydrogens (tertiary/aromatic N) is 3. The molecular weight excluding hydrogens is 398 g/mol. The molecule has 4 rings (SSSR count). The van der Waals surface area contributed by atoms with Gasteiger partial charge in [-0.05, 0) is 47.5 Å². The lowest BCUT2D eigenvalue weighted by atomic mass is 10.1. The lowest BCUT2D eigenvalue weighted by molar-refractivity contribution is -0.131. The molecular formula is C22H25N5O2S. The number of amides is 3. The van der Waals surface area contributed by atoms with E-state index in [0.717, 1.165) is 24.2 Å². The van der Waals surface area contributed by atoms with E-state index in [1.165, 1.54) is 10.4 Å². The fourth-order valence-corrected chi connectivity index (χ4v) is 4.39. The maximum atomic E-state index is 12.4. The molecule has 3 amide bonds. The molecule has 0 saturated heterocycles. The molecule has 0 atom stereocenters. The second-order valence-corrected chi connectivity index (χ2v) is 8.25. The summed E-state index contributed by atoms with van der Waals surface area (Å²) in [4.78, 5) is 27.6. The fraction of sp³-hybridized carbons (Fsp3) is 0.318. The summed E-state index contributed by atoms with van der Waals surface area (Å²) in [5.41, 5.74) is 3.30. The standard InChI is InChI=1S/C22H25N5O2S/c28-21(26-12-8-20-18(16-26)9-13-30-20)7-11-24-22(29)23-10-6-17-14-25-27(15-17)19-4-2-1-3-5-19/h1-5,9,13-15H,6-8,10-12,16H2,(H2,23,24,29). The van der Waals surface area contributed by atoms with Gasteiger partial charge in [0.25, 0.3) is 0 Å². The molecule has 7 nitrogen and oxygen atoms in total. The Hall–Kier alpha value is -3.13. The van der Waals surface area contributed by atoms with Crippen molar-refractivity contribution in [2.75, 3.05) is 19.6 Å². The highest BCUT2D eigenvalue weighted by atomic mass is 32.1. The van der Waals surface area contributed by atoms with Crippen molar-refractivity contribution in [2.45, 2.75) is 25.8 Å². The van der Waals surface area contributed by atoms with Crippen molar-refractivity contribution in [3.8, 4) is 5.69 Å². The molecule has 3 aromatic rings. The minimum atomic E-state index is -0.253. The number of rotatable bonds is 7. The monoisotopic (exact) mass is 423 g/mol. The average molecular weight is 424 g/mol. The van der Waals surface area contributed by atoms with Gasteiger partial charge in [0.1, 0.15) is 0 Å². The maximum Gasteiger partial charge on any atom is 0.314 e. The predicted molar refractivity (Wildman–Crippen MR) is 117 cm³/mol. The summed E-state index contributed by atoms with van der Waals surface area (Å²) < 4.78 is 1.82. The van der Waals surface area contributed by atoms with Crippen LogP contribution in [0.3, 0.4) is 0 Å². The Kier molecular flexibility index (Phi) is 6.44. The Morgan fingerprint density at radius 3 is 2.80 bits per heavy atom. The lowest BCUT2D eigenvalue weighted by Crippen LogP contribution is -2.40. The van der Waals surface area contributed by atoms with E-state index < -0.39 is 0 Å². The van der Waals surface area contributed by atoms with Gasteiger partial charge in [-0.3, -0.25) is 4.79 Å². The van der Waals surface area contributed by atoms with Crippen LogP contribution in [0.15, 0.2) is 54.2 Å². The van der Waals surface area contributed by atoms with Crippen molar-refractivity contribution < 1.29 is 9.59 Å². The van der Waals surface area contributed by atoms with E-state index in [9.17, 15) is 9.59 Å². The third-order valence-corrected chi connectivity index (χ3v) is 6.16. The van der Waals surface area contributed by atoms with Crippen LogP contribution >= 0.6 is 11.3 Å². The molecule has 1 aromatic carbocycles. The molecule has 0 radical (unpaired) electrons. The van der Waals surface area contributed by atoms with Gasteiger partial charge in [0, 0.05) is 43.7 Å². The highest BCUT2D eigenvalue weighted by Gasteiger charge is 2.21. The van der Waals surface area contributed by atoms with E-state index in [2.05, 4.69) is 27.2 Å². The largest absolute Gasteiger partial charge is 0.338 e. The molecule has 1 aliphatic heterocycles. The van der Waals surface area contributed by atoms with E-state index in [-0.39, 0.29) is 11.9 Å². The molecule has 0 spiro atoms. The molecule has 0 unspecified atom stereocenters. The molecule has 1 aliphatic rings. The third-order valence-electron chi connectivity index (χ3n) is 5.14. The summed E-state index contributed by atoms with van der Waals surface area (Å²) in [7, 11) is 0. The first-order chi connectivity index (χ1) is 14.7. The van der Waals surface area contributed by atoms with Crippen LogP contribution in [0.5, 0.6) is 0 Å². The van der Waals surface area contributed by atoms with Gasteiger partial charge in [0.05, 0.1) is 11.9 Å². The fourth-order valence-electron chi connectivity index (χ4n) is 3.50. The molecule has 2 N–H and O–H groups in total. The Morgan fingerprint density at radius 1 is 1.10 bits per heavy atom. The molecule has 8 heteroatoms. The lowest BCUT2D eigenvalue weighted by Gasteiger charge is -2.27. The van der Waals surface area contributed by atoms with Crippen molar-refractivity contribution in [3.05, 3.63) is 70.2 Å². The highest BCUT2D eigenvalue weighted by molar-refractivity contribution is 7.10. The Labute approximate surface area is 179 Å². The van der Waals surface area contributed by atoms with Crippen LogP contribution in [0, 0.1) is 0 Å². The van der Waals surface area contributed by atoms with Gasteiger partial charge < -0.3 is 15.5 Å². The number of fused-ring (bicyclic) bond motifs is 1. The van der Waals surface area contributed by atoms with Crippen LogP contribution in [0.2, 0.25) is 0 Å². The van der Waals surface area contributed by atoms with Crippen LogP contribution < -0.4 is 10.6 Å². The number of benzene rings is 1. The molecule has 0 saturated carbocycles. The predicted octanol–water partition coefficient (Wildman–Crippen LogP) is 2.75. The zero-order chi connectivity index (χ0) is 20.8. The normalized spacial score (nSPS) is 13.0. The molecule has 30 heavy (non-hydrogen) atoms. The van der Waals surface area contributed by atoms with Crippen LogP contribution in [0.1, 0.15) is 22.4 Å². The smallest absolute Gasteiger partial charge is 0.314 e. The molecule has 0 bridgehead atoms. The van der Waals surface area contributed by atoms with E-state index in [4.69, 9.17) is 0 Å². The van der Waals surface area contributed by atoms with Crippen molar-refractivity contribution in [3.63, 3.8) is 0 Å².